The van der Waals surface area contributed by atoms with Crippen LogP contribution in [0.15, 0.2) is 36.4 Å². The van der Waals surface area contributed by atoms with Crippen molar-refractivity contribution in [1.29, 1.82) is 5.26 Å². The summed E-state index contributed by atoms with van der Waals surface area (Å²) in [5, 5.41) is 42.7. The monoisotopic (exact) mass is 409 g/mol. The molecular weight excluding hydrogens is 390 g/mol. The van der Waals surface area contributed by atoms with Gasteiger partial charge in [-0.2, -0.15) is 5.26 Å². The van der Waals surface area contributed by atoms with Gasteiger partial charge < -0.3 is 20.4 Å². The van der Waals surface area contributed by atoms with Gasteiger partial charge in [0, 0.05) is 30.4 Å². The molecule has 2 heterocycles. The summed E-state index contributed by atoms with van der Waals surface area (Å²) >= 11 is 5.98. The minimum absolute atomic E-state index is 0.0373. The number of benzene rings is 2. The SMILES string of the molecule is N#Cc1ccc2c(N3CCC(O)CC3)nnc(NCc3ccc(O)c(Cl)c3)c2c1. The second-order valence-corrected chi connectivity index (χ2v) is 7.51. The number of aromatic hydroxyl groups is 1. The minimum Gasteiger partial charge on any atom is -0.506 e. The number of phenols is 1. The van der Waals surface area contributed by atoms with Gasteiger partial charge in [-0.1, -0.05) is 17.7 Å². The lowest BCUT2D eigenvalue weighted by Gasteiger charge is -2.31. The average Bonchev–Trinajstić information content (AvgIpc) is 2.74. The van der Waals surface area contributed by atoms with Crippen LogP contribution in [0, 0.1) is 11.3 Å². The average molecular weight is 410 g/mol. The van der Waals surface area contributed by atoms with Crippen molar-refractivity contribution in [2.45, 2.75) is 25.5 Å². The van der Waals surface area contributed by atoms with E-state index in [0.29, 0.717) is 43.9 Å². The largest absolute Gasteiger partial charge is 0.506 e. The van der Waals surface area contributed by atoms with Gasteiger partial charge in [0.1, 0.15) is 5.75 Å². The quantitative estimate of drug-likeness (QED) is 0.606. The first-order valence-electron chi connectivity index (χ1n) is 9.40. The van der Waals surface area contributed by atoms with E-state index in [1.165, 1.54) is 0 Å². The van der Waals surface area contributed by atoms with Gasteiger partial charge >= 0.3 is 0 Å². The van der Waals surface area contributed by atoms with Crippen LogP contribution in [0.2, 0.25) is 5.02 Å². The number of aromatic nitrogens is 2. The summed E-state index contributed by atoms with van der Waals surface area (Å²) in [6, 6.07) is 12.7. The first-order chi connectivity index (χ1) is 14.0. The van der Waals surface area contributed by atoms with Crippen LogP contribution in [0.1, 0.15) is 24.0 Å². The molecule has 7 nitrogen and oxygen atoms in total. The zero-order valence-electron chi connectivity index (χ0n) is 15.6. The Morgan fingerprint density at radius 1 is 1.14 bits per heavy atom. The Kier molecular flexibility index (Phi) is 5.38. The fraction of sp³-hybridized carbons (Fsp3) is 0.286. The summed E-state index contributed by atoms with van der Waals surface area (Å²) in [7, 11) is 0. The van der Waals surface area contributed by atoms with Crippen molar-refractivity contribution < 1.29 is 10.2 Å². The first kappa shape index (κ1) is 19.2. The van der Waals surface area contributed by atoms with Crippen molar-refractivity contribution in [3.63, 3.8) is 0 Å². The highest BCUT2D eigenvalue weighted by Crippen LogP contribution is 2.31. The van der Waals surface area contributed by atoms with Gasteiger partial charge in [0.15, 0.2) is 11.6 Å². The summed E-state index contributed by atoms with van der Waals surface area (Å²) in [6.45, 7) is 1.86. The molecule has 2 aromatic carbocycles. The Bertz CT molecular complexity index is 1090. The number of rotatable bonds is 4. The van der Waals surface area contributed by atoms with Crippen LogP contribution >= 0.6 is 11.6 Å². The van der Waals surface area contributed by atoms with Gasteiger partial charge in [0.2, 0.25) is 0 Å². The maximum atomic E-state index is 9.78. The number of nitrogens with one attached hydrogen (secondary N) is 1. The molecular formula is C21H20ClN5O2. The van der Waals surface area contributed by atoms with Crippen molar-refractivity contribution in [1.82, 2.24) is 10.2 Å². The third-order valence-electron chi connectivity index (χ3n) is 5.13. The van der Waals surface area contributed by atoms with Crippen molar-refractivity contribution in [2.24, 2.45) is 0 Å². The Morgan fingerprint density at radius 2 is 1.93 bits per heavy atom. The molecule has 1 aliphatic rings. The van der Waals surface area contributed by atoms with E-state index in [0.717, 1.165) is 22.2 Å². The van der Waals surface area contributed by atoms with Crippen LogP contribution in [0.4, 0.5) is 11.6 Å². The molecule has 1 aliphatic heterocycles. The molecule has 0 unspecified atom stereocenters. The number of nitriles is 1. The van der Waals surface area contributed by atoms with E-state index in [-0.39, 0.29) is 16.9 Å². The van der Waals surface area contributed by atoms with Crippen LogP contribution in [-0.4, -0.2) is 39.6 Å². The molecule has 4 rings (SSSR count). The van der Waals surface area contributed by atoms with Gasteiger partial charge in [-0.15, -0.1) is 10.2 Å². The third-order valence-corrected chi connectivity index (χ3v) is 5.43. The number of halogens is 1. The van der Waals surface area contributed by atoms with Crippen molar-refractivity contribution in [3.05, 3.63) is 52.5 Å². The first-order valence-corrected chi connectivity index (χ1v) is 9.78. The molecule has 0 bridgehead atoms. The number of anilines is 2. The molecule has 0 amide bonds. The molecule has 0 radical (unpaired) electrons. The predicted molar refractivity (Wildman–Crippen MR) is 112 cm³/mol. The molecule has 0 saturated carbocycles. The van der Waals surface area contributed by atoms with Crippen LogP contribution in [0.5, 0.6) is 5.75 Å². The maximum absolute atomic E-state index is 9.78. The molecule has 3 N–H and O–H groups in total. The van der Waals surface area contributed by atoms with Gasteiger partial charge in [0.05, 0.1) is 22.8 Å². The standard InChI is InChI=1S/C21H20ClN5O2/c22-18-10-14(2-4-19(18)29)12-24-20-17-9-13(11-23)1-3-16(17)21(26-25-20)27-7-5-15(28)6-8-27/h1-4,9-10,15,28-29H,5-8,12H2,(H,24,25). The zero-order valence-corrected chi connectivity index (χ0v) is 16.4. The normalized spacial score (nSPS) is 14.7. The lowest BCUT2D eigenvalue weighted by molar-refractivity contribution is 0.145. The van der Waals surface area contributed by atoms with Crippen LogP contribution in [-0.2, 0) is 6.54 Å². The number of aliphatic hydroxyl groups is 1. The number of hydrogen-bond donors (Lipinski definition) is 3. The van der Waals surface area contributed by atoms with E-state index in [1.807, 2.05) is 6.07 Å². The highest BCUT2D eigenvalue weighted by molar-refractivity contribution is 6.32. The van der Waals surface area contributed by atoms with Crippen molar-refractivity contribution in [3.8, 4) is 11.8 Å². The second-order valence-electron chi connectivity index (χ2n) is 7.10. The van der Waals surface area contributed by atoms with E-state index >= 15 is 0 Å². The Balaban J connectivity index is 1.67. The smallest absolute Gasteiger partial charge is 0.159 e. The van der Waals surface area contributed by atoms with Crippen LogP contribution < -0.4 is 10.2 Å². The summed E-state index contributed by atoms with van der Waals surface area (Å²) in [5.74, 6) is 1.37. The fourth-order valence-electron chi connectivity index (χ4n) is 3.50. The third kappa shape index (κ3) is 4.04. The number of hydrogen-bond acceptors (Lipinski definition) is 7. The summed E-state index contributed by atoms with van der Waals surface area (Å²) in [6.07, 6.45) is 1.12. The topological polar surface area (TPSA) is 105 Å². The number of fused-ring (bicyclic) bond motifs is 1. The molecule has 148 valence electrons. The fourth-order valence-corrected chi connectivity index (χ4v) is 3.70. The summed E-state index contributed by atoms with van der Waals surface area (Å²) in [4.78, 5) is 2.12. The van der Waals surface area contributed by atoms with E-state index in [4.69, 9.17) is 11.6 Å². The lowest BCUT2D eigenvalue weighted by Crippen LogP contribution is -2.36. The molecule has 1 fully saturated rings. The van der Waals surface area contributed by atoms with E-state index < -0.39 is 0 Å². The van der Waals surface area contributed by atoms with Crippen molar-refractivity contribution >= 4 is 34.0 Å². The molecule has 8 heteroatoms. The highest BCUT2D eigenvalue weighted by Gasteiger charge is 2.21. The summed E-state index contributed by atoms with van der Waals surface area (Å²) in [5.41, 5.74) is 1.43. The van der Waals surface area contributed by atoms with Crippen molar-refractivity contribution in [2.75, 3.05) is 23.3 Å². The number of nitrogens with zero attached hydrogens (tertiary/aromatic N) is 4. The van der Waals surface area contributed by atoms with Gasteiger partial charge in [0.25, 0.3) is 0 Å². The van der Waals surface area contributed by atoms with Gasteiger partial charge in [-0.25, -0.2) is 0 Å². The summed E-state index contributed by atoms with van der Waals surface area (Å²) < 4.78 is 0. The highest BCUT2D eigenvalue weighted by atomic mass is 35.5. The van der Waals surface area contributed by atoms with Gasteiger partial charge in [-0.05, 0) is 48.7 Å². The molecule has 0 atom stereocenters. The number of aliphatic hydroxyl groups excluding tert-OH is 1. The Hall–Kier alpha value is -3.08. The van der Waals surface area contributed by atoms with Crippen LogP contribution in [0.3, 0.4) is 0 Å². The minimum atomic E-state index is -0.270. The molecule has 0 aliphatic carbocycles. The molecule has 29 heavy (non-hydrogen) atoms. The lowest BCUT2D eigenvalue weighted by atomic mass is 10.1. The maximum Gasteiger partial charge on any atom is 0.159 e. The number of piperidine rings is 1. The molecule has 1 saturated heterocycles. The Labute approximate surface area is 173 Å². The molecule has 1 aromatic heterocycles. The molecule has 0 spiro atoms. The van der Waals surface area contributed by atoms with E-state index in [2.05, 4.69) is 26.5 Å². The van der Waals surface area contributed by atoms with Crippen LogP contribution in [0.25, 0.3) is 10.8 Å². The Morgan fingerprint density at radius 3 is 2.66 bits per heavy atom. The second kappa shape index (κ2) is 8.11. The van der Waals surface area contributed by atoms with E-state index in [9.17, 15) is 15.5 Å². The van der Waals surface area contributed by atoms with Gasteiger partial charge in [-0.3, -0.25) is 0 Å². The zero-order chi connectivity index (χ0) is 20.4. The predicted octanol–water partition coefficient (Wildman–Crippen LogP) is 3.43. The van der Waals surface area contributed by atoms with E-state index in [1.54, 1.807) is 30.3 Å². The molecule has 3 aromatic rings. The number of phenolic OH excluding ortho intramolecular Hbond substituents is 1.